The molecule has 0 N–H and O–H groups in total. The summed E-state index contributed by atoms with van der Waals surface area (Å²) >= 11 is 6.41. The highest BCUT2D eigenvalue weighted by Crippen LogP contribution is 2.41. The molecule has 2 aromatic carbocycles. The van der Waals surface area contributed by atoms with Crippen LogP contribution in [-0.2, 0) is 23.6 Å². The van der Waals surface area contributed by atoms with Crippen LogP contribution in [-0.4, -0.2) is 56.7 Å². The van der Waals surface area contributed by atoms with Crippen molar-refractivity contribution in [2.24, 2.45) is 0 Å². The molecule has 6 rings (SSSR count). The third-order valence-corrected chi connectivity index (χ3v) is 6.96. The van der Waals surface area contributed by atoms with Crippen molar-refractivity contribution in [3.8, 4) is 22.7 Å². The molecule has 0 amide bonds. The Morgan fingerprint density at radius 2 is 1.57 bits per heavy atom. The van der Waals surface area contributed by atoms with Gasteiger partial charge in [0.25, 0.3) is 0 Å². The van der Waals surface area contributed by atoms with E-state index in [0.717, 1.165) is 0 Å². The Bertz CT molecular complexity index is 1730. The average Bonchev–Trinajstić information content (AvgIpc) is 3.57. The number of alkyl halides is 6. The van der Waals surface area contributed by atoms with E-state index in [4.69, 9.17) is 20.9 Å². The monoisotopic (exact) mass is 609 g/mol. The highest BCUT2D eigenvalue weighted by atomic mass is 35.5. The van der Waals surface area contributed by atoms with E-state index in [1.54, 1.807) is 24.3 Å². The maximum absolute atomic E-state index is 13.5. The standard InChI is InChI=1S/C26H18ClF6N7O2/c27-18-4-2-1-3-17(18)23-20-19(37-42-23)12-34-35-21(20)22-24(39-5-7-41-8-6-39)40(38-36-22)13-14-9-15(25(28,29)30)11-16(10-14)26(31,32)33/h1-4,9-12H,5-8,13H2. The summed E-state index contributed by atoms with van der Waals surface area (Å²) in [5.74, 6) is 0.577. The van der Waals surface area contributed by atoms with Crippen molar-refractivity contribution in [3.63, 3.8) is 0 Å². The second-order valence-corrected chi connectivity index (χ2v) is 9.79. The smallest absolute Gasteiger partial charge is 0.378 e. The van der Waals surface area contributed by atoms with Crippen LogP contribution in [0.15, 0.2) is 53.2 Å². The second kappa shape index (κ2) is 10.5. The molecule has 0 aliphatic carbocycles. The van der Waals surface area contributed by atoms with Crippen LogP contribution in [0.5, 0.6) is 0 Å². The number of benzene rings is 2. The fraction of sp³-hybridized carbons (Fsp3) is 0.269. The molecular formula is C26H18ClF6N7O2. The van der Waals surface area contributed by atoms with Crippen LogP contribution in [0.3, 0.4) is 0 Å². The normalized spacial score (nSPS) is 14.6. The lowest BCUT2D eigenvalue weighted by Gasteiger charge is -2.29. The highest BCUT2D eigenvalue weighted by Gasteiger charge is 2.37. The molecule has 3 aromatic heterocycles. The van der Waals surface area contributed by atoms with Gasteiger partial charge in [-0.15, -0.1) is 10.2 Å². The molecule has 0 unspecified atom stereocenters. The molecule has 42 heavy (non-hydrogen) atoms. The molecule has 0 spiro atoms. The lowest BCUT2D eigenvalue weighted by Crippen LogP contribution is -2.38. The number of nitrogens with zero attached hydrogens (tertiary/aromatic N) is 7. The number of morpholine rings is 1. The van der Waals surface area contributed by atoms with E-state index < -0.39 is 30.0 Å². The molecule has 4 heterocycles. The number of hydrogen-bond donors (Lipinski definition) is 0. The molecule has 9 nitrogen and oxygen atoms in total. The van der Waals surface area contributed by atoms with Crippen molar-refractivity contribution in [2.75, 3.05) is 31.2 Å². The van der Waals surface area contributed by atoms with Crippen LogP contribution < -0.4 is 4.90 Å². The summed E-state index contributed by atoms with van der Waals surface area (Å²) < 4.78 is 93.5. The van der Waals surface area contributed by atoms with Gasteiger partial charge in [0.1, 0.15) is 11.2 Å². The quantitative estimate of drug-likeness (QED) is 0.220. The van der Waals surface area contributed by atoms with Gasteiger partial charge in [-0.3, -0.25) is 0 Å². The first-order chi connectivity index (χ1) is 20.0. The van der Waals surface area contributed by atoms with Crippen molar-refractivity contribution in [1.29, 1.82) is 0 Å². The average molecular weight is 610 g/mol. The number of ether oxygens (including phenoxy) is 1. The van der Waals surface area contributed by atoms with Crippen LogP contribution in [0, 0.1) is 0 Å². The first kappa shape index (κ1) is 27.9. The van der Waals surface area contributed by atoms with Crippen LogP contribution in [0.1, 0.15) is 16.7 Å². The Balaban J connectivity index is 1.52. The van der Waals surface area contributed by atoms with E-state index in [1.165, 1.54) is 10.9 Å². The second-order valence-electron chi connectivity index (χ2n) is 9.38. The summed E-state index contributed by atoms with van der Waals surface area (Å²) in [6.07, 6.45) is -8.61. The zero-order valence-corrected chi connectivity index (χ0v) is 22.0. The van der Waals surface area contributed by atoms with Crippen molar-refractivity contribution in [1.82, 2.24) is 30.3 Å². The number of hydrogen-bond acceptors (Lipinski definition) is 8. The van der Waals surface area contributed by atoms with Crippen molar-refractivity contribution in [3.05, 3.63) is 70.4 Å². The van der Waals surface area contributed by atoms with Gasteiger partial charge in [0.2, 0.25) is 0 Å². The number of rotatable bonds is 5. The first-order valence-electron chi connectivity index (χ1n) is 12.4. The minimum absolute atomic E-state index is 0.0809. The van der Waals surface area contributed by atoms with Gasteiger partial charge in [0.05, 0.1) is 47.5 Å². The molecule has 1 fully saturated rings. The predicted octanol–water partition coefficient (Wildman–Crippen LogP) is 6.12. The molecule has 218 valence electrons. The maximum atomic E-state index is 13.5. The lowest BCUT2D eigenvalue weighted by atomic mass is 10.0. The Labute approximate surface area is 237 Å². The van der Waals surface area contributed by atoms with Gasteiger partial charge in [-0.2, -0.15) is 31.4 Å². The van der Waals surface area contributed by atoms with Crippen LogP contribution in [0.25, 0.3) is 33.6 Å². The molecule has 0 atom stereocenters. The van der Waals surface area contributed by atoms with Crippen LogP contribution >= 0.6 is 11.6 Å². The molecule has 1 aliphatic heterocycles. The summed E-state index contributed by atoms with van der Waals surface area (Å²) in [5, 5.41) is 21.5. The summed E-state index contributed by atoms with van der Waals surface area (Å²) in [7, 11) is 0. The summed E-state index contributed by atoms with van der Waals surface area (Å²) in [4.78, 5) is 1.82. The minimum atomic E-state index is -4.99. The van der Waals surface area contributed by atoms with Crippen molar-refractivity contribution < 1.29 is 35.6 Å². The molecule has 16 heteroatoms. The van der Waals surface area contributed by atoms with E-state index in [2.05, 4.69) is 25.7 Å². The first-order valence-corrected chi connectivity index (χ1v) is 12.8. The summed E-state index contributed by atoms with van der Waals surface area (Å²) in [5.41, 5.74) is -1.92. The number of anilines is 1. The number of halogens is 7. The molecule has 0 radical (unpaired) electrons. The Morgan fingerprint density at radius 1 is 0.881 bits per heavy atom. The third kappa shape index (κ3) is 5.25. The van der Waals surface area contributed by atoms with Crippen molar-refractivity contribution in [2.45, 2.75) is 18.9 Å². The zero-order valence-electron chi connectivity index (χ0n) is 21.2. The van der Waals surface area contributed by atoms with Gasteiger partial charge in [0.15, 0.2) is 17.3 Å². The SMILES string of the molecule is FC(F)(F)c1cc(Cn2nnc(-c3nncc4noc(-c5ccccc5Cl)c34)c2N2CCOCC2)cc(C(F)(F)F)c1. The Hall–Kier alpha value is -4.24. The molecule has 0 bridgehead atoms. The summed E-state index contributed by atoms with van der Waals surface area (Å²) in [6, 6.07) is 8.29. The van der Waals surface area contributed by atoms with Gasteiger partial charge in [-0.25, -0.2) is 4.68 Å². The topological polar surface area (TPSA) is 95.0 Å². The summed E-state index contributed by atoms with van der Waals surface area (Å²) in [6.45, 7) is 0.889. The molecule has 1 aliphatic rings. The largest absolute Gasteiger partial charge is 0.416 e. The maximum Gasteiger partial charge on any atom is 0.416 e. The van der Waals surface area contributed by atoms with Crippen LogP contribution in [0.4, 0.5) is 32.2 Å². The lowest BCUT2D eigenvalue weighted by molar-refractivity contribution is -0.143. The molecule has 0 saturated carbocycles. The van der Waals surface area contributed by atoms with E-state index in [0.29, 0.717) is 65.7 Å². The van der Waals surface area contributed by atoms with E-state index >= 15 is 0 Å². The molecule has 1 saturated heterocycles. The fourth-order valence-electron chi connectivity index (χ4n) is 4.75. The van der Waals surface area contributed by atoms with E-state index in [1.807, 2.05) is 4.90 Å². The third-order valence-electron chi connectivity index (χ3n) is 6.64. The van der Waals surface area contributed by atoms with Gasteiger partial charge in [-0.05, 0) is 35.9 Å². The number of aromatic nitrogens is 6. The van der Waals surface area contributed by atoms with Gasteiger partial charge < -0.3 is 14.2 Å². The van der Waals surface area contributed by atoms with Crippen LogP contribution in [0.2, 0.25) is 5.02 Å². The predicted molar refractivity (Wildman–Crippen MR) is 138 cm³/mol. The van der Waals surface area contributed by atoms with E-state index in [9.17, 15) is 26.3 Å². The zero-order chi connectivity index (χ0) is 29.6. The molecule has 5 aromatic rings. The fourth-order valence-corrected chi connectivity index (χ4v) is 4.97. The Morgan fingerprint density at radius 3 is 2.24 bits per heavy atom. The molecular weight excluding hydrogens is 592 g/mol. The Kier molecular flexibility index (Phi) is 7.01. The van der Waals surface area contributed by atoms with Gasteiger partial charge in [-0.1, -0.05) is 34.1 Å². The van der Waals surface area contributed by atoms with Gasteiger partial charge in [0, 0.05) is 18.7 Å². The minimum Gasteiger partial charge on any atom is -0.378 e. The van der Waals surface area contributed by atoms with E-state index in [-0.39, 0.29) is 28.8 Å². The van der Waals surface area contributed by atoms with Gasteiger partial charge >= 0.3 is 12.4 Å². The highest BCUT2D eigenvalue weighted by molar-refractivity contribution is 6.33. The van der Waals surface area contributed by atoms with Crippen molar-refractivity contribution >= 4 is 28.3 Å². The number of fused-ring (bicyclic) bond motifs is 1.